The molecule has 3 aliphatic heterocycles. The maximum atomic E-state index is 14.5. The van der Waals surface area contributed by atoms with Gasteiger partial charge in [0.1, 0.15) is 11.8 Å². The third-order valence-electron chi connectivity index (χ3n) is 4.53. The van der Waals surface area contributed by atoms with E-state index in [1.54, 1.807) is 0 Å². The number of fused-ring (bicyclic) bond motifs is 2. The molecule has 4 atom stereocenters. The van der Waals surface area contributed by atoms with Crippen LogP contribution < -0.4 is 0 Å². The van der Waals surface area contributed by atoms with Gasteiger partial charge in [-0.3, -0.25) is 4.90 Å². The molecule has 21 heavy (non-hydrogen) atoms. The predicted molar refractivity (Wildman–Crippen MR) is 76.0 cm³/mol. The van der Waals surface area contributed by atoms with E-state index in [2.05, 4.69) is 4.90 Å². The number of carbonyl (C=O) groups excluding carboxylic acids is 1. The molecule has 0 saturated carbocycles. The summed E-state index contributed by atoms with van der Waals surface area (Å²) >= 11 is 0. The number of hydrogen-bond donors (Lipinski definition) is 0. The van der Waals surface area contributed by atoms with Gasteiger partial charge in [-0.25, -0.2) is 9.18 Å². The SMILES string of the molecule is CC(C)(C)OC(=O)N1CC[C@H](N2C[C@@H]3C[C@H]2CO3)[C@H](F)C1. The molecule has 120 valence electrons. The van der Waals surface area contributed by atoms with Crippen molar-refractivity contribution in [2.45, 2.75) is 63.6 Å². The van der Waals surface area contributed by atoms with E-state index in [4.69, 9.17) is 9.47 Å². The van der Waals surface area contributed by atoms with Gasteiger partial charge in [-0.1, -0.05) is 0 Å². The predicted octanol–water partition coefficient (Wildman–Crippen LogP) is 1.81. The summed E-state index contributed by atoms with van der Waals surface area (Å²) in [6.07, 6.45) is 0.564. The lowest BCUT2D eigenvalue weighted by Crippen LogP contribution is -2.57. The van der Waals surface area contributed by atoms with Gasteiger partial charge in [-0.2, -0.15) is 0 Å². The van der Waals surface area contributed by atoms with Crippen LogP contribution in [0, 0.1) is 0 Å². The summed E-state index contributed by atoms with van der Waals surface area (Å²) in [6.45, 7) is 7.73. The van der Waals surface area contributed by atoms with Gasteiger partial charge in [0, 0.05) is 25.2 Å². The smallest absolute Gasteiger partial charge is 0.410 e. The van der Waals surface area contributed by atoms with Gasteiger partial charge in [0.05, 0.1) is 19.3 Å². The molecule has 5 nitrogen and oxygen atoms in total. The summed E-state index contributed by atoms with van der Waals surface area (Å²) in [5.41, 5.74) is -0.537. The van der Waals surface area contributed by atoms with Crippen molar-refractivity contribution in [1.82, 2.24) is 9.80 Å². The molecule has 2 bridgehead atoms. The highest BCUT2D eigenvalue weighted by molar-refractivity contribution is 5.68. The Hall–Kier alpha value is -0.880. The van der Waals surface area contributed by atoms with Crippen LogP contribution >= 0.6 is 0 Å². The summed E-state index contributed by atoms with van der Waals surface area (Å²) in [5, 5.41) is 0. The number of ether oxygens (including phenoxy) is 2. The van der Waals surface area contributed by atoms with Crippen LogP contribution in [0.4, 0.5) is 9.18 Å². The van der Waals surface area contributed by atoms with Crippen molar-refractivity contribution in [3.05, 3.63) is 0 Å². The third-order valence-corrected chi connectivity index (χ3v) is 4.53. The molecule has 6 heteroatoms. The van der Waals surface area contributed by atoms with Crippen LogP contribution in [-0.2, 0) is 9.47 Å². The molecule has 1 amide bonds. The number of amides is 1. The minimum Gasteiger partial charge on any atom is -0.444 e. The number of morpholine rings is 1. The molecule has 0 aromatic rings. The van der Waals surface area contributed by atoms with Crippen LogP contribution in [0.15, 0.2) is 0 Å². The second-order valence-corrected chi connectivity index (χ2v) is 7.34. The van der Waals surface area contributed by atoms with Gasteiger partial charge in [-0.15, -0.1) is 0 Å². The molecule has 3 heterocycles. The van der Waals surface area contributed by atoms with Crippen LogP contribution in [-0.4, -0.2) is 72.1 Å². The zero-order valence-corrected chi connectivity index (χ0v) is 13.0. The van der Waals surface area contributed by atoms with Gasteiger partial charge in [0.15, 0.2) is 0 Å². The average molecular weight is 300 g/mol. The Bertz CT molecular complexity index is 412. The van der Waals surface area contributed by atoms with E-state index < -0.39 is 17.9 Å². The first-order valence-corrected chi connectivity index (χ1v) is 7.83. The lowest BCUT2D eigenvalue weighted by atomic mass is 10.0. The first-order valence-electron chi connectivity index (χ1n) is 7.83. The first-order chi connectivity index (χ1) is 9.83. The molecule has 0 aromatic heterocycles. The van der Waals surface area contributed by atoms with E-state index in [1.807, 2.05) is 20.8 Å². The van der Waals surface area contributed by atoms with Crippen LogP contribution in [0.1, 0.15) is 33.6 Å². The highest BCUT2D eigenvalue weighted by atomic mass is 19.1. The second-order valence-electron chi connectivity index (χ2n) is 7.34. The maximum absolute atomic E-state index is 14.5. The minimum absolute atomic E-state index is 0.0809. The van der Waals surface area contributed by atoms with E-state index in [0.717, 1.165) is 19.6 Å². The standard InChI is InChI=1S/C15H25FN2O3/c1-15(2,3)21-14(19)17-5-4-13(12(16)8-17)18-7-11-6-10(18)9-20-11/h10-13H,4-9H2,1-3H3/t10-,11-,12+,13-/m0/s1. The Morgan fingerprint density at radius 3 is 2.62 bits per heavy atom. The van der Waals surface area contributed by atoms with Gasteiger partial charge < -0.3 is 14.4 Å². The Balaban J connectivity index is 1.56. The van der Waals surface area contributed by atoms with Gasteiger partial charge in [0.2, 0.25) is 0 Å². The zero-order valence-electron chi connectivity index (χ0n) is 13.0. The molecule has 3 saturated heterocycles. The fraction of sp³-hybridized carbons (Fsp3) is 0.933. The molecule has 3 aliphatic rings. The molecule has 0 spiro atoms. The van der Waals surface area contributed by atoms with Gasteiger partial charge in [-0.05, 0) is 33.6 Å². The Kier molecular flexibility index (Phi) is 3.86. The Labute approximate surface area is 125 Å². The number of piperidine rings is 1. The summed E-state index contributed by atoms with van der Waals surface area (Å²) in [5.74, 6) is 0. The third kappa shape index (κ3) is 3.16. The van der Waals surface area contributed by atoms with Crippen molar-refractivity contribution in [2.24, 2.45) is 0 Å². The van der Waals surface area contributed by atoms with Crippen molar-refractivity contribution in [1.29, 1.82) is 0 Å². The monoisotopic (exact) mass is 300 g/mol. The van der Waals surface area contributed by atoms with E-state index in [-0.39, 0.29) is 18.7 Å². The van der Waals surface area contributed by atoms with Crippen molar-refractivity contribution in [3.63, 3.8) is 0 Å². The normalized spacial score (nSPS) is 37.0. The van der Waals surface area contributed by atoms with Crippen molar-refractivity contribution < 1.29 is 18.7 Å². The molecule has 0 N–H and O–H groups in total. The van der Waals surface area contributed by atoms with Crippen LogP contribution in [0.3, 0.4) is 0 Å². The van der Waals surface area contributed by atoms with E-state index in [1.165, 1.54) is 4.90 Å². The van der Waals surface area contributed by atoms with E-state index in [9.17, 15) is 9.18 Å². The fourth-order valence-corrected chi connectivity index (χ4v) is 3.59. The zero-order chi connectivity index (χ0) is 15.2. The molecule has 0 aliphatic carbocycles. The van der Waals surface area contributed by atoms with Crippen molar-refractivity contribution in [3.8, 4) is 0 Å². The number of rotatable bonds is 1. The molecule has 3 fully saturated rings. The summed E-state index contributed by atoms with van der Waals surface area (Å²) in [6, 6.07) is 0.286. The summed E-state index contributed by atoms with van der Waals surface area (Å²) < 4.78 is 25.4. The second kappa shape index (κ2) is 5.39. The summed E-state index contributed by atoms with van der Waals surface area (Å²) in [4.78, 5) is 15.8. The van der Waals surface area contributed by atoms with Crippen molar-refractivity contribution in [2.75, 3.05) is 26.2 Å². The molecular formula is C15H25FN2O3. The first kappa shape index (κ1) is 15.0. The lowest BCUT2D eigenvalue weighted by molar-refractivity contribution is -0.0367. The highest BCUT2D eigenvalue weighted by Gasteiger charge is 2.46. The lowest BCUT2D eigenvalue weighted by Gasteiger charge is -2.42. The van der Waals surface area contributed by atoms with Crippen molar-refractivity contribution >= 4 is 6.09 Å². The van der Waals surface area contributed by atoms with E-state index in [0.29, 0.717) is 19.0 Å². The fourth-order valence-electron chi connectivity index (χ4n) is 3.59. The van der Waals surface area contributed by atoms with Crippen LogP contribution in [0.2, 0.25) is 0 Å². The van der Waals surface area contributed by atoms with Gasteiger partial charge >= 0.3 is 6.09 Å². The molecule has 0 radical (unpaired) electrons. The van der Waals surface area contributed by atoms with Gasteiger partial charge in [0.25, 0.3) is 0 Å². The average Bonchev–Trinajstić information content (AvgIpc) is 2.98. The van der Waals surface area contributed by atoms with Crippen LogP contribution in [0.25, 0.3) is 0 Å². The molecule has 3 rings (SSSR count). The number of carbonyl (C=O) groups is 1. The molecular weight excluding hydrogens is 275 g/mol. The number of hydrogen-bond acceptors (Lipinski definition) is 4. The van der Waals surface area contributed by atoms with E-state index >= 15 is 0 Å². The Morgan fingerprint density at radius 1 is 1.33 bits per heavy atom. The minimum atomic E-state index is -1.01. The molecule has 0 unspecified atom stereocenters. The number of halogens is 1. The number of likely N-dealkylation sites (tertiary alicyclic amines) is 2. The summed E-state index contributed by atoms with van der Waals surface area (Å²) in [7, 11) is 0. The number of nitrogens with zero attached hydrogens (tertiary/aromatic N) is 2. The number of alkyl halides is 1. The topological polar surface area (TPSA) is 42.0 Å². The maximum Gasteiger partial charge on any atom is 0.410 e. The quantitative estimate of drug-likeness (QED) is 0.740. The van der Waals surface area contributed by atoms with Crippen LogP contribution in [0.5, 0.6) is 0 Å². The largest absolute Gasteiger partial charge is 0.444 e. The Morgan fingerprint density at radius 2 is 2.10 bits per heavy atom. The highest BCUT2D eigenvalue weighted by Crippen LogP contribution is 2.33. The molecule has 0 aromatic carbocycles.